The van der Waals surface area contributed by atoms with E-state index in [4.69, 9.17) is 0 Å². The van der Waals surface area contributed by atoms with Gasteiger partial charge in [-0.25, -0.2) is 4.98 Å². The molecule has 4 rings (SSSR count). The van der Waals surface area contributed by atoms with E-state index in [1.165, 1.54) is 16.9 Å². The van der Waals surface area contributed by atoms with E-state index in [9.17, 15) is 4.79 Å². The highest BCUT2D eigenvalue weighted by Gasteiger charge is 2.57. The summed E-state index contributed by atoms with van der Waals surface area (Å²) in [6, 6.07) is 8.30. The smallest absolute Gasteiger partial charge is 0.229 e. The van der Waals surface area contributed by atoms with Crippen LogP contribution in [0.15, 0.2) is 29.6 Å². The van der Waals surface area contributed by atoms with Crippen molar-refractivity contribution in [2.75, 3.05) is 18.4 Å². The van der Waals surface area contributed by atoms with E-state index in [1.54, 1.807) is 0 Å². The molecule has 1 aromatic heterocycles. The number of piperidine rings is 1. The molecule has 2 N–H and O–H groups in total. The number of hydrogen-bond donors (Lipinski definition) is 2. The highest BCUT2D eigenvalue weighted by molar-refractivity contribution is 7.14. The van der Waals surface area contributed by atoms with Crippen molar-refractivity contribution in [3.8, 4) is 11.3 Å². The summed E-state index contributed by atoms with van der Waals surface area (Å²) in [6.07, 6.45) is 3.28. The van der Waals surface area contributed by atoms with Crippen LogP contribution in [0.4, 0.5) is 5.13 Å². The van der Waals surface area contributed by atoms with E-state index in [0.717, 1.165) is 43.6 Å². The summed E-state index contributed by atoms with van der Waals surface area (Å²) in [5.41, 5.74) is 3.52. The first-order valence-electron chi connectivity index (χ1n) is 8.20. The second-order valence-corrected chi connectivity index (χ2v) is 7.62. The molecule has 2 aromatic rings. The Morgan fingerprint density at radius 3 is 2.71 bits per heavy atom. The Kier molecular flexibility index (Phi) is 4.95. The summed E-state index contributed by atoms with van der Waals surface area (Å²) in [5, 5.41) is 9.12. The Morgan fingerprint density at radius 1 is 1.29 bits per heavy atom. The molecule has 1 amide bonds. The van der Waals surface area contributed by atoms with E-state index in [1.807, 2.05) is 5.38 Å². The quantitative estimate of drug-likeness (QED) is 0.870. The van der Waals surface area contributed by atoms with Crippen molar-refractivity contribution in [1.82, 2.24) is 10.3 Å². The molecule has 0 bridgehead atoms. The molecule has 1 saturated heterocycles. The van der Waals surface area contributed by atoms with Gasteiger partial charge in [0.05, 0.1) is 5.69 Å². The average molecular weight is 364 g/mol. The SMILES string of the molecule is Cc1ccc(-c2csc(NC(=O)C3CC34CCNCC4)n2)cc1.Cl. The number of rotatable bonds is 3. The molecule has 1 saturated carbocycles. The van der Waals surface area contributed by atoms with E-state index >= 15 is 0 Å². The minimum absolute atomic E-state index is 0. The minimum atomic E-state index is 0. The van der Waals surface area contributed by atoms with Gasteiger partial charge in [0.1, 0.15) is 0 Å². The van der Waals surface area contributed by atoms with E-state index in [-0.39, 0.29) is 29.6 Å². The zero-order valence-electron chi connectivity index (χ0n) is 13.7. The second-order valence-electron chi connectivity index (χ2n) is 6.76. The highest BCUT2D eigenvalue weighted by atomic mass is 35.5. The Bertz CT molecular complexity index is 722. The molecule has 2 heterocycles. The minimum Gasteiger partial charge on any atom is -0.317 e. The predicted molar refractivity (Wildman–Crippen MR) is 101 cm³/mol. The maximum atomic E-state index is 12.5. The van der Waals surface area contributed by atoms with Gasteiger partial charge in [-0.15, -0.1) is 23.7 Å². The van der Waals surface area contributed by atoms with Gasteiger partial charge in [-0.05, 0) is 44.7 Å². The molecule has 2 fully saturated rings. The van der Waals surface area contributed by atoms with Crippen molar-refractivity contribution < 1.29 is 4.79 Å². The maximum absolute atomic E-state index is 12.5. The number of nitrogens with one attached hydrogen (secondary N) is 2. The topological polar surface area (TPSA) is 54.0 Å². The van der Waals surface area contributed by atoms with Gasteiger partial charge in [0.25, 0.3) is 0 Å². The molecule has 1 aromatic carbocycles. The third kappa shape index (κ3) is 3.34. The maximum Gasteiger partial charge on any atom is 0.229 e. The van der Waals surface area contributed by atoms with Crippen LogP contribution >= 0.6 is 23.7 Å². The molecule has 6 heteroatoms. The molecule has 1 atom stereocenters. The second kappa shape index (κ2) is 6.82. The summed E-state index contributed by atoms with van der Waals surface area (Å²) in [7, 11) is 0. The van der Waals surface area contributed by atoms with Crippen LogP contribution in [0, 0.1) is 18.3 Å². The lowest BCUT2D eigenvalue weighted by Gasteiger charge is -2.22. The zero-order valence-corrected chi connectivity index (χ0v) is 15.3. The fourth-order valence-electron chi connectivity index (χ4n) is 3.58. The van der Waals surface area contributed by atoms with Crippen LogP contribution in [0.2, 0.25) is 0 Å². The first kappa shape index (κ1) is 17.4. The summed E-state index contributed by atoms with van der Waals surface area (Å²) in [6.45, 7) is 4.15. The Labute approximate surface area is 152 Å². The number of amides is 1. The number of carbonyl (C=O) groups is 1. The number of hydrogen-bond acceptors (Lipinski definition) is 4. The van der Waals surface area contributed by atoms with Crippen LogP contribution in [0.3, 0.4) is 0 Å². The first-order valence-corrected chi connectivity index (χ1v) is 9.08. The number of carbonyl (C=O) groups excluding carboxylic acids is 1. The molecule has 4 nitrogen and oxygen atoms in total. The fourth-order valence-corrected chi connectivity index (χ4v) is 4.30. The van der Waals surface area contributed by atoms with Crippen molar-refractivity contribution in [3.63, 3.8) is 0 Å². The molecular weight excluding hydrogens is 342 g/mol. The predicted octanol–water partition coefficient (Wildman–Crippen LogP) is 3.87. The van der Waals surface area contributed by atoms with Crippen LogP contribution in [0.1, 0.15) is 24.8 Å². The molecule has 1 aliphatic carbocycles. The Morgan fingerprint density at radius 2 is 2.00 bits per heavy atom. The van der Waals surface area contributed by atoms with Crippen molar-refractivity contribution >= 4 is 34.8 Å². The third-order valence-corrected chi connectivity index (χ3v) is 5.94. The van der Waals surface area contributed by atoms with Gasteiger partial charge in [-0.3, -0.25) is 4.79 Å². The van der Waals surface area contributed by atoms with Gasteiger partial charge in [-0.1, -0.05) is 29.8 Å². The molecule has 1 spiro atoms. The van der Waals surface area contributed by atoms with Crippen molar-refractivity contribution in [1.29, 1.82) is 0 Å². The average Bonchev–Trinajstić information content (AvgIpc) is 3.04. The molecule has 1 unspecified atom stereocenters. The summed E-state index contributed by atoms with van der Waals surface area (Å²) < 4.78 is 0. The van der Waals surface area contributed by atoms with Crippen LogP contribution < -0.4 is 10.6 Å². The summed E-state index contributed by atoms with van der Waals surface area (Å²) in [5.74, 6) is 0.327. The van der Waals surface area contributed by atoms with Crippen molar-refractivity contribution in [2.45, 2.75) is 26.2 Å². The Balaban J connectivity index is 0.00000169. The standard InChI is InChI=1S/C18H21N3OS.ClH/c1-12-2-4-13(5-3-12)15-11-23-17(20-15)21-16(22)14-10-18(14)6-8-19-9-7-18;/h2-5,11,14,19H,6-10H2,1H3,(H,20,21,22);1H. The first-order chi connectivity index (χ1) is 11.2. The molecular formula is C18H22ClN3OS. The number of benzene rings is 1. The van der Waals surface area contributed by atoms with Gasteiger partial charge < -0.3 is 10.6 Å². The monoisotopic (exact) mass is 363 g/mol. The molecule has 24 heavy (non-hydrogen) atoms. The number of thiazole rings is 1. The number of aromatic nitrogens is 1. The lowest BCUT2D eigenvalue weighted by atomic mass is 9.92. The number of aryl methyl sites for hydroxylation is 1. The van der Waals surface area contributed by atoms with Gasteiger partial charge in [0.2, 0.25) is 5.91 Å². The fraction of sp³-hybridized carbons (Fsp3) is 0.444. The molecule has 128 valence electrons. The largest absolute Gasteiger partial charge is 0.317 e. The number of anilines is 1. The van der Waals surface area contributed by atoms with Crippen LogP contribution in [-0.2, 0) is 4.79 Å². The van der Waals surface area contributed by atoms with Crippen molar-refractivity contribution in [3.05, 3.63) is 35.2 Å². The Hall–Kier alpha value is -1.43. The summed E-state index contributed by atoms with van der Waals surface area (Å²) >= 11 is 1.50. The normalized spacial score (nSPS) is 21.1. The van der Waals surface area contributed by atoms with Gasteiger partial charge >= 0.3 is 0 Å². The number of halogens is 1. The third-order valence-electron chi connectivity index (χ3n) is 5.19. The van der Waals surface area contributed by atoms with E-state index in [2.05, 4.69) is 46.8 Å². The summed E-state index contributed by atoms with van der Waals surface area (Å²) in [4.78, 5) is 17.0. The van der Waals surface area contributed by atoms with E-state index in [0.29, 0.717) is 5.13 Å². The lowest BCUT2D eigenvalue weighted by Crippen LogP contribution is -2.31. The molecule has 0 radical (unpaired) electrons. The van der Waals surface area contributed by atoms with Crippen LogP contribution in [0.5, 0.6) is 0 Å². The highest BCUT2D eigenvalue weighted by Crippen LogP contribution is 2.58. The van der Waals surface area contributed by atoms with Gasteiger partial charge in [0, 0.05) is 16.9 Å². The van der Waals surface area contributed by atoms with Crippen LogP contribution in [-0.4, -0.2) is 24.0 Å². The lowest BCUT2D eigenvalue weighted by molar-refractivity contribution is -0.118. The number of nitrogens with zero attached hydrogens (tertiary/aromatic N) is 1. The molecule has 1 aliphatic heterocycles. The molecule has 2 aliphatic rings. The van der Waals surface area contributed by atoms with Crippen LogP contribution in [0.25, 0.3) is 11.3 Å². The zero-order chi connectivity index (χ0) is 15.9. The van der Waals surface area contributed by atoms with E-state index < -0.39 is 0 Å². The van der Waals surface area contributed by atoms with Crippen molar-refractivity contribution in [2.24, 2.45) is 11.3 Å². The van der Waals surface area contributed by atoms with Gasteiger partial charge in [0.15, 0.2) is 5.13 Å². The van der Waals surface area contributed by atoms with Gasteiger partial charge in [-0.2, -0.15) is 0 Å².